The molecule has 1 aliphatic heterocycles. The van der Waals surface area contributed by atoms with Crippen LogP contribution < -0.4 is 10.4 Å². The van der Waals surface area contributed by atoms with Crippen molar-refractivity contribution >= 4 is 29.3 Å². The van der Waals surface area contributed by atoms with Crippen LogP contribution in [0.5, 0.6) is 0 Å². The van der Waals surface area contributed by atoms with E-state index in [0.29, 0.717) is 0 Å². The van der Waals surface area contributed by atoms with E-state index >= 15 is 0 Å². The lowest BCUT2D eigenvalue weighted by atomic mass is 10.1. The van der Waals surface area contributed by atoms with E-state index in [1.807, 2.05) is 30.3 Å². The van der Waals surface area contributed by atoms with Crippen molar-refractivity contribution in [1.82, 2.24) is 10.4 Å². The van der Waals surface area contributed by atoms with Gasteiger partial charge in [0.2, 0.25) is 0 Å². The van der Waals surface area contributed by atoms with Crippen LogP contribution in [0, 0.1) is 0 Å². The Kier molecular flexibility index (Phi) is 6.87. The zero-order valence-electron chi connectivity index (χ0n) is 15.1. The number of rotatable bonds is 6. The minimum atomic E-state index is -0.531. The molecule has 0 atom stereocenters. The standard InChI is InChI=1S/C21H24ClN3O2/c22-19-8-5-17(6-9-19)11-12-24-13-15-25(16-14-24)20-4-2-1-3-18(20)7-10-21(26)23-27/h1-10,27H,11-16H2,(H,23,26)/b10-7+. The van der Waals surface area contributed by atoms with Crippen molar-refractivity contribution < 1.29 is 10.0 Å². The molecule has 6 heteroatoms. The summed E-state index contributed by atoms with van der Waals surface area (Å²) in [5, 5.41) is 9.41. The fourth-order valence-corrected chi connectivity index (χ4v) is 3.40. The summed E-state index contributed by atoms with van der Waals surface area (Å²) >= 11 is 5.94. The summed E-state index contributed by atoms with van der Waals surface area (Å²) < 4.78 is 0. The number of benzene rings is 2. The van der Waals surface area contributed by atoms with Gasteiger partial charge in [0.25, 0.3) is 5.91 Å². The largest absolute Gasteiger partial charge is 0.368 e. The summed E-state index contributed by atoms with van der Waals surface area (Å²) in [7, 11) is 0. The molecule has 142 valence electrons. The number of halogens is 1. The summed E-state index contributed by atoms with van der Waals surface area (Å²) in [5.41, 5.74) is 5.00. The third-order valence-corrected chi connectivity index (χ3v) is 5.06. The quantitative estimate of drug-likeness (QED) is 0.455. The average molecular weight is 386 g/mol. The Labute approximate surface area is 164 Å². The summed E-state index contributed by atoms with van der Waals surface area (Å²) in [4.78, 5) is 16.1. The molecule has 2 N–H and O–H groups in total. The molecule has 1 heterocycles. The first-order chi connectivity index (χ1) is 13.2. The van der Waals surface area contributed by atoms with E-state index in [0.717, 1.165) is 55.4 Å². The molecule has 0 aromatic heterocycles. The third kappa shape index (κ3) is 5.57. The van der Waals surface area contributed by atoms with Gasteiger partial charge >= 0.3 is 0 Å². The Morgan fingerprint density at radius 2 is 1.78 bits per heavy atom. The van der Waals surface area contributed by atoms with Crippen LogP contribution in [0.25, 0.3) is 6.08 Å². The number of anilines is 1. The van der Waals surface area contributed by atoms with E-state index in [1.54, 1.807) is 11.6 Å². The number of carbonyl (C=O) groups is 1. The first-order valence-electron chi connectivity index (χ1n) is 9.08. The van der Waals surface area contributed by atoms with Crippen LogP contribution in [-0.2, 0) is 11.2 Å². The lowest BCUT2D eigenvalue weighted by Crippen LogP contribution is -2.47. The molecule has 1 aliphatic rings. The molecule has 5 nitrogen and oxygen atoms in total. The van der Waals surface area contributed by atoms with Crippen molar-refractivity contribution in [3.8, 4) is 0 Å². The van der Waals surface area contributed by atoms with Crippen molar-refractivity contribution in [1.29, 1.82) is 0 Å². The maximum atomic E-state index is 11.2. The summed E-state index contributed by atoms with van der Waals surface area (Å²) in [6, 6.07) is 16.1. The van der Waals surface area contributed by atoms with Gasteiger partial charge in [0.1, 0.15) is 0 Å². The Morgan fingerprint density at radius 3 is 2.48 bits per heavy atom. The number of para-hydroxylation sites is 1. The van der Waals surface area contributed by atoms with Gasteiger partial charge in [-0.05, 0) is 41.8 Å². The van der Waals surface area contributed by atoms with Gasteiger partial charge in [-0.15, -0.1) is 0 Å². The Hall–Kier alpha value is -2.34. The minimum Gasteiger partial charge on any atom is -0.368 e. The molecule has 0 radical (unpaired) electrons. The van der Waals surface area contributed by atoms with Gasteiger partial charge < -0.3 is 4.90 Å². The predicted octanol–water partition coefficient (Wildman–Crippen LogP) is 3.22. The molecule has 2 aromatic rings. The molecule has 3 rings (SSSR count). The molecular formula is C21H24ClN3O2. The zero-order chi connectivity index (χ0) is 19.1. The van der Waals surface area contributed by atoms with Crippen LogP contribution in [0.3, 0.4) is 0 Å². The van der Waals surface area contributed by atoms with Crippen LogP contribution in [-0.4, -0.2) is 48.7 Å². The van der Waals surface area contributed by atoms with E-state index in [9.17, 15) is 4.79 Å². The highest BCUT2D eigenvalue weighted by Gasteiger charge is 2.18. The van der Waals surface area contributed by atoms with Gasteiger partial charge in [-0.2, -0.15) is 0 Å². The smallest absolute Gasteiger partial charge is 0.267 e. The van der Waals surface area contributed by atoms with Crippen LogP contribution in [0.15, 0.2) is 54.6 Å². The lowest BCUT2D eigenvalue weighted by molar-refractivity contribution is -0.124. The lowest BCUT2D eigenvalue weighted by Gasteiger charge is -2.36. The van der Waals surface area contributed by atoms with Gasteiger partial charge in [0.05, 0.1) is 0 Å². The summed E-state index contributed by atoms with van der Waals surface area (Å²) in [6.45, 7) is 4.93. The van der Waals surface area contributed by atoms with E-state index in [1.165, 1.54) is 11.6 Å². The number of nitrogens with one attached hydrogen (secondary N) is 1. The molecular weight excluding hydrogens is 362 g/mol. The van der Waals surface area contributed by atoms with Gasteiger partial charge in [-0.1, -0.05) is 41.9 Å². The second-order valence-corrected chi connectivity index (χ2v) is 7.01. The van der Waals surface area contributed by atoms with Crippen LogP contribution in [0.2, 0.25) is 5.02 Å². The molecule has 0 spiro atoms. The molecule has 0 bridgehead atoms. The van der Waals surface area contributed by atoms with Crippen molar-refractivity contribution in [2.45, 2.75) is 6.42 Å². The maximum absolute atomic E-state index is 11.2. The number of hydrogen-bond acceptors (Lipinski definition) is 4. The Bertz CT molecular complexity index is 784. The third-order valence-electron chi connectivity index (χ3n) is 4.80. The number of nitrogens with zero attached hydrogens (tertiary/aromatic N) is 2. The summed E-state index contributed by atoms with van der Waals surface area (Å²) in [6.07, 6.45) is 4.09. The highest BCUT2D eigenvalue weighted by atomic mass is 35.5. The second-order valence-electron chi connectivity index (χ2n) is 6.57. The number of hydroxylamine groups is 1. The second kappa shape index (κ2) is 9.55. The van der Waals surface area contributed by atoms with Crippen LogP contribution >= 0.6 is 11.6 Å². The average Bonchev–Trinajstić information content (AvgIpc) is 2.72. The number of piperazine rings is 1. The fraction of sp³-hybridized carbons (Fsp3) is 0.286. The van der Waals surface area contributed by atoms with E-state index in [2.05, 4.69) is 28.0 Å². The molecule has 0 unspecified atom stereocenters. The van der Waals surface area contributed by atoms with Crippen molar-refractivity contribution in [2.24, 2.45) is 0 Å². The summed E-state index contributed by atoms with van der Waals surface area (Å²) in [5.74, 6) is -0.531. The zero-order valence-corrected chi connectivity index (χ0v) is 15.9. The number of amides is 1. The first-order valence-corrected chi connectivity index (χ1v) is 9.46. The number of carbonyl (C=O) groups excluding carboxylic acids is 1. The Balaban J connectivity index is 1.55. The molecule has 1 amide bonds. The first kappa shape index (κ1) is 19.4. The van der Waals surface area contributed by atoms with Crippen LogP contribution in [0.1, 0.15) is 11.1 Å². The maximum Gasteiger partial charge on any atom is 0.267 e. The molecule has 2 aromatic carbocycles. The van der Waals surface area contributed by atoms with E-state index < -0.39 is 5.91 Å². The van der Waals surface area contributed by atoms with Crippen molar-refractivity contribution in [2.75, 3.05) is 37.6 Å². The highest BCUT2D eigenvalue weighted by molar-refractivity contribution is 6.30. The molecule has 27 heavy (non-hydrogen) atoms. The minimum absolute atomic E-state index is 0.531. The van der Waals surface area contributed by atoms with Gasteiger partial charge in [-0.3, -0.25) is 14.9 Å². The van der Waals surface area contributed by atoms with Crippen molar-refractivity contribution in [3.05, 3.63) is 70.8 Å². The molecule has 0 aliphatic carbocycles. The highest BCUT2D eigenvalue weighted by Crippen LogP contribution is 2.23. The SMILES string of the molecule is O=C(/C=C/c1ccccc1N1CCN(CCc2ccc(Cl)cc2)CC1)NO. The topological polar surface area (TPSA) is 55.8 Å². The van der Waals surface area contributed by atoms with Gasteiger partial charge in [0.15, 0.2) is 0 Å². The monoisotopic (exact) mass is 385 g/mol. The van der Waals surface area contributed by atoms with Crippen molar-refractivity contribution in [3.63, 3.8) is 0 Å². The Morgan fingerprint density at radius 1 is 1.07 bits per heavy atom. The number of hydrogen-bond donors (Lipinski definition) is 2. The van der Waals surface area contributed by atoms with E-state index in [-0.39, 0.29) is 0 Å². The fourth-order valence-electron chi connectivity index (χ4n) is 3.27. The van der Waals surface area contributed by atoms with E-state index in [4.69, 9.17) is 16.8 Å². The van der Waals surface area contributed by atoms with Crippen LogP contribution in [0.4, 0.5) is 5.69 Å². The normalized spacial score (nSPS) is 15.3. The molecule has 0 saturated carbocycles. The van der Waals surface area contributed by atoms with Gasteiger partial charge in [0, 0.05) is 49.5 Å². The molecule has 1 saturated heterocycles. The van der Waals surface area contributed by atoms with Gasteiger partial charge in [-0.25, -0.2) is 5.48 Å². The predicted molar refractivity (Wildman–Crippen MR) is 109 cm³/mol. The molecule has 1 fully saturated rings.